The normalized spacial score (nSPS) is 10.5. The molecule has 0 saturated heterocycles. The minimum absolute atomic E-state index is 0.0308. The van der Waals surface area contributed by atoms with E-state index in [0.29, 0.717) is 0 Å². The molecule has 126 valence electrons. The monoisotopic (exact) mass is 359 g/mol. The van der Waals surface area contributed by atoms with Gasteiger partial charge in [-0.05, 0) is 23.8 Å². The first kappa shape index (κ1) is 17.5. The van der Waals surface area contributed by atoms with Crippen LogP contribution in [0.5, 0.6) is 0 Å². The lowest BCUT2D eigenvalue weighted by molar-refractivity contribution is -0.384. The number of nitro benzene ring substituents is 1. The van der Waals surface area contributed by atoms with E-state index in [9.17, 15) is 28.1 Å². The highest BCUT2D eigenvalue weighted by molar-refractivity contribution is 6.33. The van der Waals surface area contributed by atoms with Gasteiger partial charge in [-0.25, -0.2) is 13.2 Å². The van der Waals surface area contributed by atoms with E-state index in [1.165, 1.54) is 0 Å². The van der Waals surface area contributed by atoms with Crippen molar-refractivity contribution in [3.05, 3.63) is 68.0 Å². The van der Waals surface area contributed by atoms with Crippen LogP contribution in [0.15, 0.2) is 24.3 Å². The topological polar surface area (TPSA) is 98.3 Å². The maximum Gasteiger partial charge on any atom is 0.288 e. The van der Waals surface area contributed by atoms with Crippen LogP contribution in [-0.4, -0.2) is 10.8 Å². The number of hydrogen-bond acceptors (Lipinski definition) is 4. The lowest BCUT2D eigenvalue weighted by atomic mass is 10.1. The fourth-order valence-corrected chi connectivity index (χ4v) is 2.19. The van der Waals surface area contributed by atoms with Gasteiger partial charge in [-0.1, -0.05) is 11.6 Å². The first-order chi connectivity index (χ1) is 11.2. The van der Waals surface area contributed by atoms with E-state index in [1.54, 1.807) is 0 Å². The predicted octanol–water partition coefficient (Wildman–Crippen LogP) is 3.38. The molecule has 0 aliphatic rings. The summed E-state index contributed by atoms with van der Waals surface area (Å²) in [6.45, 7) is -0.206. The predicted molar refractivity (Wildman–Crippen MR) is 80.3 cm³/mol. The summed E-state index contributed by atoms with van der Waals surface area (Å²) in [7, 11) is 0. The van der Waals surface area contributed by atoms with Gasteiger partial charge in [0.05, 0.1) is 10.5 Å². The standard InChI is InChI=1S/C14H9ClF3N3O3/c15-8-4-11(7(14(19)22)3-12(8)21(23)24)20-5-6-1-9(16)13(18)10(17)2-6/h1-4,20H,5H2,(H2,19,22). The van der Waals surface area contributed by atoms with E-state index in [4.69, 9.17) is 17.3 Å². The Morgan fingerprint density at radius 3 is 2.29 bits per heavy atom. The number of rotatable bonds is 5. The molecule has 0 radical (unpaired) electrons. The number of halogens is 4. The van der Waals surface area contributed by atoms with Crippen molar-refractivity contribution in [2.75, 3.05) is 5.32 Å². The molecule has 0 atom stereocenters. The SMILES string of the molecule is NC(=O)c1cc([N+](=O)[O-])c(Cl)cc1NCc1cc(F)c(F)c(F)c1. The number of nitrogens with two attached hydrogens (primary N) is 1. The zero-order chi connectivity index (χ0) is 18.0. The summed E-state index contributed by atoms with van der Waals surface area (Å²) < 4.78 is 39.2. The first-order valence-corrected chi connectivity index (χ1v) is 6.73. The molecule has 0 unspecified atom stereocenters. The van der Waals surface area contributed by atoms with E-state index in [2.05, 4.69) is 5.32 Å². The Kier molecular flexibility index (Phi) is 4.93. The van der Waals surface area contributed by atoms with Crippen molar-refractivity contribution in [1.82, 2.24) is 0 Å². The molecular weight excluding hydrogens is 351 g/mol. The number of hydrogen-bond donors (Lipinski definition) is 2. The average molecular weight is 360 g/mol. The Hall–Kier alpha value is -2.81. The zero-order valence-corrected chi connectivity index (χ0v) is 12.5. The molecule has 0 aliphatic carbocycles. The fourth-order valence-electron chi connectivity index (χ4n) is 1.96. The highest BCUT2D eigenvalue weighted by Crippen LogP contribution is 2.31. The molecule has 0 bridgehead atoms. The van der Waals surface area contributed by atoms with Gasteiger partial charge in [-0.2, -0.15) is 0 Å². The van der Waals surface area contributed by atoms with Crippen molar-refractivity contribution < 1.29 is 22.9 Å². The van der Waals surface area contributed by atoms with Crippen LogP contribution in [-0.2, 0) is 6.54 Å². The summed E-state index contributed by atoms with van der Waals surface area (Å²) in [5.74, 6) is -5.31. The van der Waals surface area contributed by atoms with Gasteiger partial charge in [-0.15, -0.1) is 0 Å². The van der Waals surface area contributed by atoms with Crippen LogP contribution >= 0.6 is 11.6 Å². The number of nitrogens with one attached hydrogen (secondary N) is 1. The van der Waals surface area contributed by atoms with E-state index < -0.39 is 34.0 Å². The highest BCUT2D eigenvalue weighted by Gasteiger charge is 2.20. The molecule has 0 aliphatic heterocycles. The molecular formula is C14H9ClF3N3O3. The molecule has 3 N–H and O–H groups in total. The van der Waals surface area contributed by atoms with Crippen molar-refractivity contribution in [2.24, 2.45) is 5.73 Å². The molecule has 0 spiro atoms. The lowest BCUT2D eigenvalue weighted by Gasteiger charge is -2.11. The summed E-state index contributed by atoms with van der Waals surface area (Å²) in [5, 5.41) is 13.2. The smallest absolute Gasteiger partial charge is 0.288 e. The molecule has 24 heavy (non-hydrogen) atoms. The number of primary amides is 1. The minimum Gasteiger partial charge on any atom is -0.380 e. The number of amides is 1. The Balaban J connectivity index is 2.34. The molecule has 0 saturated carbocycles. The second-order valence-corrected chi connectivity index (χ2v) is 5.10. The number of nitro groups is 1. The molecule has 0 aromatic heterocycles. The van der Waals surface area contributed by atoms with Crippen LogP contribution in [0.2, 0.25) is 5.02 Å². The summed E-state index contributed by atoms with van der Waals surface area (Å²) >= 11 is 5.75. The van der Waals surface area contributed by atoms with E-state index in [0.717, 1.165) is 24.3 Å². The van der Waals surface area contributed by atoms with Crippen LogP contribution in [0.4, 0.5) is 24.5 Å². The Morgan fingerprint density at radius 2 is 1.79 bits per heavy atom. The molecule has 0 fully saturated rings. The Morgan fingerprint density at radius 1 is 1.21 bits per heavy atom. The van der Waals surface area contributed by atoms with E-state index in [1.807, 2.05) is 0 Å². The lowest BCUT2D eigenvalue weighted by Crippen LogP contribution is -2.15. The zero-order valence-electron chi connectivity index (χ0n) is 11.8. The number of nitrogens with zero attached hydrogens (tertiary/aromatic N) is 1. The van der Waals surface area contributed by atoms with Crippen LogP contribution in [0.1, 0.15) is 15.9 Å². The number of carbonyl (C=O) groups is 1. The summed E-state index contributed by atoms with van der Waals surface area (Å²) in [6.07, 6.45) is 0. The molecule has 0 heterocycles. The largest absolute Gasteiger partial charge is 0.380 e. The molecule has 10 heteroatoms. The van der Waals surface area contributed by atoms with E-state index in [-0.39, 0.29) is 28.4 Å². The first-order valence-electron chi connectivity index (χ1n) is 6.35. The number of anilines is 1. The Labute approximate surface area is 138 Å². The molecule has 1 amide bonds. The van der Waals surface area contributed by atoms with Gasteiger partial charge in [0.15, 0.2) is 17.5 Å². The van der Waals surface area contributed by atoms with Gasteiger partial charge in [0.1, 0.15) is 5.02 Å². The minimum atomic E-state index is -1.60. The molecule has 2 aromatic carbocycles. The fraction of sp³-hybridized carbons (Fsp3) is 0.0714. The van der Waals surface area contributed by atoms with Crippen molar-refractivity contribution in [3.8, 4) is 0 Å². The van der Waals surface area contributed by atoms with Crippen LogP contribution in [0.25, 0.3) is 0 Å². The van der Waals surface area contributed by atoms with Crippen LogP contribution in [0.3, 0.4) is 0 Å². The van der Waals surface area contributed by atoms with Gasteiger partial charge in [0.25, 0.3) is 11.6 Å². The maximum absolute atomic E-state index is 13.2. The third-order valence-electron chi connectivity index (χ3n) is 3.08. The van der Waals surface area contributed by atoms with Crippen molar-refractivity contribution >= 4 is 28.9 Å². The third-order valence-corrected chi connectivity index (χ3v) is 3.38. The maximum atomic E-state index is 13.2. The van der Waals surface area contributed by atoms with Crippen LogP contribution in [0, 0.1) is 27.6 Å². The van der Waals surface area contributed by atoms with Gasteiger partial charge in [0.2, 0.25) is 0 Å². The number of benzene rings is 2. The van der Waals surface area contributed by atoms with Crippen molar-refractivity contribution in [1.29, 1.82) is 0 Å². The number of carbonyl (C=O) groups excluding carboxylic acids is 1. The van der Waals surface area contributed by atoms with Gasteiger partial charge < -0.3 is 11.1 Å². The quantitative estimate of drug-likeness (QED) is 0.485. The summed E-state index contributed by atoms with van der Waals surface area (Å²) in [5.41, 5.74) is 4.48. The summed E-state index contributed by atoms with van der Waals surface area (Å²) in [6, 6.07) is 3.51. The second kappa shape index (κ2) is 6.75. The van der Waals surface area contributed by atoms with E-state index >= 15 is 0 Å². The Bertz CT molecular complexity index is 822. The molecule has 2 aromatic rings. The third kappa shape index (κ3) is 3.57. The molecule has 6 nitrogen and oxygen atoms in total. The van der Waals surface area contributed by atoms with Crippen LogP contribution < -0.4 is 11.1 Å². The average Bonchev–Trinajstić information content (AvgIpc) is 2.49. The highest BCUT2D eigenvalue weighted by atomic mass is 35.5. The van der Waals surface area contributed by atoms with Crippen molar-refractivity contribution in [2.45, 2.75) is 6.54 Å². The van der Waals surface area contributed by atoms with Gasteiger partial charge in [0, 0.05) is 18.3 Å². The molecule has 2 rings (SSSR count). The van der Waals surface area contributed by atoms with Gasteiger partial charge in [-0.3, -0.25) is 14.9 Å². The van der Waals surface area contributed by atoms with Gasteiger partial charge >= 0.3 is 0 Å². The van der Waals surface area contributed by atoms with Crippen molar-refractivity contribution in [3.63, 3.8) is 0 Å². The second-order valence-electron chi connectivity index (χ2n) is 4.70. The summed E-state index contributed by atoms with van der Waals surface area (Å²) in [4.78, 5) is 21.5.